The van der Waals surface area contributed by atoms with Crippen molar-refractivity contribution in [1.29, 1.82) is 0 Å². The van der Waals surface area contributed by atoms with Crippen LogP contribution in [0.15, 0.2) is 28.8 Å². The summed E-state index contributed by atoms with van der Waals surface area (Å²) in [5, 5.41) is 4.24. The van der Waals surface area contributed by atoms with Crippen molar-refractivity contribution in [3.8, 4) is 0 Å². The van der Waals surface area contributed by atoms with Crippen LogP contribution in [0, 0.1) is 5.82 Å². The third-order valence-electron chi connectivity index (χ3n) is 6.25. The molecule has 0 radical (unpaired) electrons. The van der Waals surface area contributed by atoms with E-state index < -0.39 is 0 Å². The molecule has 1 saturated carbocycles. The number of hydrogen-bond donors (Lipinski definition) is 0. The van der Waals surface area contributed by atoms with Gasteiger partial charge in [0.05, 0.1) is 5.92 Å². The van der Waals surface area contributed by atoms with Crippen LogP contribution in [0.4, 0.5) is 4.39 Å². The molecule has 3 aliphatic rings. The van der Waals surface area contributed by atoms with E-state index in [1.54, 1.807) is 12.1 Å². The highest BCUT2D eigenvalue weighted by Crippen LogP contribution is 2.51. The maximum Gasteiger partial charge on any atom is 0.231 e. The average Bonchev–Trinajstić information content (AvgIpc) is 3.28. The van der Waals surface area contributed by atoms with Gasteiger partial charge >= 0.3 is 0 Å². The molecule has 1 aromatic heterocycles. The maximum absolute atomic E-state index is 13.4. The summed E-state index contributed by atoms with van der Waals surface area (Å²) in [6.07, 6.45) is 5.82. The fourth-order valence-electron chi connectivity index (χ4n) is 4.75. The van der Waals surface area contributed by atoms with Gasteiger partial charge in [-0.1, -0.05) is 17.3 Å². The molecule has 0 amide bonds. The number of fused-ring (bicyclic) bond motifs is 2. The highest BCUT2D eigenvalue weighted by Gasteiger charge is 2.49. The van der Waals surface area contributed by atoms with Crippen LogP contribution in [0.1, 0.15) is 67.1 Å². The van der Waals surface area contributed by atoms with Crippen LogP contribution >= 0.6 is 0 Å². The van der Waals surface area contributed by atoms with Crippen LogP contribution in [0.25, 0.3) is 0 Å². The minimum absolute atomic E-state index is 0.181. The molecule has 3 fully saturated rings. The van der Waals surface area contributed by atoms with Gasteiger partial charge < -0.3 is 4.52 Å². The molecule has 1 aromatic carbocycles. The van der Waals surface area contributed by atoms with Crippen molar-refractivity contribution in [3.63, 3.8) is 0 Å². The number of likely N-dealkylation sites (N-methyl/N-ethyl adjacent to an activating group) is 1. The quantitative estimate of drug-likeness (QED) is 0.859. The van der Waals surface area contributed by atoms with Crippen LogP contribution in [-0.4, -0.2) is 34.2 Å². The minimum atomic E-state index is -0.181. The van der Waals surface area contributed by atoms with Gasteiger partial charge in [0, 0.05) is 18.0 Å². The van der Waals surface area contributed by atoms with Crippen LogP contribution in [0.5, 0.6) is 0 Å². The Bertz CT molecular complexity index is 739. The Balaban J connectivity index is 1.54. The summed E-state index contributed by atoms with van der Waals surface area (Å²) in [7, 11) is 2.22. The highest BCUT2D eigenvalue weighted by atomic mass is 19.1. The fourth-order valence-corrected chi connectivity index (χ4v) is 4.75. The van der Waals surface area contributed by atoms with E-state index in [-0.39, 0.29) is 11.7 Å². The van der Waals surface area contributed by atoms with Crippen LogP contribution < -0.4 is 0 Å². The van der Waals surface area contributed by atoms with Gasteiger partial charge in [0.15, 0.2) is 5.82 Å². The van der Waals surface area contributed by atoms with Gasteiger partial charge in [-0.3, -0.25) is 4.90 Å². The first kappa shape index (κ1) is 14.6. The number of nitrogens with zero attached hydrogens (tertiary/aromatic N) is 3. The Labute approximate surface area is 141 Å². The molecule has 24 heavy (non-hydrogen) atoms. The molecule has 3 heterocycles. The molecule has 2 bridgehead atoms. The van der Waals surface area contributed by atoms with E-state index in [1.807, 2.05) is 12.1 Å². The van der Waals surface area contributed by atoms with Gasteiger partial charge in [-0.25, -0.2) is 4.39 Å². The molecule has 2 aliphatic heterocycles. The second-order valence-electron chi connectivity index (χ2n) is 7.65. The summed E-state index contributed by atoms with van der Waals surface area (Å²) in [5.41, 5.74) is 1.19. The zero-order valence-electron chi connectivity index (χ0n) is 13.9. The zero-order valence-corrected chi connectivity index (χ0v) is 13.9. The molecule has 4 nitrogen and oxygen atoms in total. The fraction of sp³-hybridized carbons (Fsp3) is 0.579. The maximum atomic E-state index is 13.4. The molecule has 0 spiro atoms. The lowest BCUT2D eigenvalue weighted by molar-refractivity contribution is 0.120. The van der Waals surface area contributed by atoms with E-state index in [1.165, 1.54) is 31.2 Å². The summed E-state index contributed by atoms with van der Waals surface area (Å²) in [6, 6.07) is 8.02. The Hall–Kier alpha value is -1.75. The molecule has 126 valence electrons. The Morgan fingerprint density at radius 3 is 2.67 bits per heavy atom. The van der Waals surface area contributed by atoms with Crippen molar-refractivity contribution in [1.82, 2.24) is 15.0 Å². The summed E-state index contributed by atoms with van der Waals surface area (Å²) in [4.78, 5) is 7.25. The minimum Gasteiger partial charge on any atom is -0.339 e. The third-order valence-corrected chi connectivity index (χ3v) is 6.25. The second kappa shape index (κ2) is 5.38. The third kappa shape index (κ3) is 2.29. The standard InChI is InChI=1S/C19H22FN3O/c1-23-14-8-9-16(23)17(19-21-18(22-24-19)12-2-3-12)15(10-14)11-4-6-13(20)7-5-11/h4-7,12,14-17H,2-3,8-10H2,1H3/t14?,15-,16?,17-/m1/s1. The topological polar surface area (TPSA) is 42.2 Å². The lowest BCUT2D eigenvalue weighted by Crippen LogP contribution is -2.44. The van der Waals surface area contributed by atoms with Crippen LogP contribution in [0.3, 0.4) is 0 Å². The van der Waals surface area contributed by atoms with Gasteiger partial charge in [-0.15, -0.1) is 0 Å². The molecular formula is C19H22FN3O. The number of aromatic nitrogens is 2. The lowest BCUT2D eigenvalue weighted by Gasteiger charge is -2.41. The van der Waals surface area contributed by atoms with Gasteiger partial charge in [-0.05, 0) is 62.8 Å². The average molecular weight is 327 g/mol. The molecule has 0 N–H and O–H groups in total. The monoisotopic (exact) mass is 327 g/mol. The molecule has 4 atom stereocenters. The van der Waals surface area contributed by atoms with E-state index in [4.69, 9.17) is 9.51 Å². The summed E-state index contributed by atoms with van der Waals surface area (Å²) < 4.78 is 19.1. The van der Waals surface area contributed by atoms with Gasteiger partial charge in [0.25, 0.3) is 0 Å². The van der Waals surface area contributed by atoms with E-state index in [0.29, 0.717) is 23.9 Å². The molecule has 5 heteroatoms. The lowest BCUT2D eigenvalue weighted by atomic mass is 9.76. The van der Waals surface area contributed by atoms with Crippen molar-refractivity contribution in [2.75, 3.05) is 7.05 Å². The zero-order chi connectivity index (χ0) is 16.3. The number of benzene rings is 1. The Morgan fingerprint density at radius 2 is 1.92 bits per heavy atom. The van der Waals surface area contributed by atoms with Gasteiger partial charge in [-0.2, -0.15) is 4.98 Å². The molecule has 2 saturated heterocycles. The molecular weight excluding hydrogens is 305 g/mol. The molecule has 5 rings (SSSR count). The van der Waals surface area contributed by atoms with Gasteiger partial charge in [0.1, 0.15) is 5.82 Å². The first-order valence-electron chi connectivity index (χ1n) is 9.01. The Morgan fingerprint density at radius 1 is 1.12 bits per heavy atom. The predicted octanol–water partition coefficient (Wildman–Crippen LogP) is 3.82. The van der Waals surface area contributed by atoms with Crippen LogP contribution in [0.2, 0.25) is 0 Å². The first-order chi connectivity index (χ1) is 11.7. The number of rotatable bonds is 3. The highest BCUT2D eigenvalue weighted by molar-refractivity contribution is 5.28. The van der Waals surface area contributed by atoms with Crippen molar-refractivity contribution < 1.29 is 8.91 Å². The number of piperidine rings is 1. The van der Waals surface area contributed by atoms with Crippen molar-refractivity contribution in [2.45, 2.75) is 61.9 Å². The second-order valence-corrected chi connectivity index (χ2v) is 7.65. The van der Waals surface area contributed by atoms with E-state index in [9.17, 15) is 4.39 Å². The molecule has 2 aromatic rings. The summed E-state index contributed by atoms with van der Waals surface area (Å²) >= 11 is 0. The van der Waals surface area contributed by atoms with Crippen molar-refractivity contribution in [2.24, 2.45) is 0 Å². The predicted molar refractivity (Wildman–Crippen MR) is 87.3 cm³/mol. The van der Waals surface area contributed by atoms with Crippen molar-refractivity contribution in [3.05, 3.63) is 47.4 Å². The number of halogens is 1. The van der Waals surface area contributed by atoms with Crippen LogP contribution in [-0.2, 0) is 0 Å². The summed E-state index contributed by atoms with van der Waals surface area (Å²) in [6.45, 7) is 0. The molecule has 1 aliphatic carbocycles. The van der Waals surface area contributed by atoms with Gasteiger partial charge in [0.2, 0.25) is 5.89 Å². The van der Waals surface area contributed by atoms with Crippen molar-refractivity contribution >= 4 is 0 Å². The summed E-state index contributed by atoms with van der Waals surface area (Å²) in [5.74, 6) is 2.52. The Kier molecular flexibility index (Phi) is 3.27. The molecule has 2 unspecified atom stereocenters. The SMILES string of the molecule is CN1C2CCC1[C@H](c1nc(C3CC3)no1)[C@@H](c1ccc(F)cc1)C2. The van der Waals surface area contributed by atoms with E-state index >= 15 is 0 Å². The largest absolute Gasteiger partial charge is 0.339 e. The normalized spacial score (nSPS) is 33.1. The van der Waals surface area contributed by atoms with E-state index in [0.717, 1.165) is 18.1 Å². The van der Waals surface area contributed by atoms with E-state index in [2.05, 4.69) is 17.1 Å². The smallest absolute Gasteiger partial charge is 0.231 e. The number of hydrogen-bond acceptors (Lipinski definition) is 4. The first-order valence-corrected chi connectivity index (χ1v) is 9.01.